The van der Waals surface area contributed by atoms with Crippen molar-refractivity contribution < 1.29 is 14.3 Å². The molecule has 7 heteroatoms. The van der Waals surface area contributed by atoms with Crippen molar-refractivity contribution >= 4 is 5.91 Å². The Morgan fingerprint density at radius 1 is 1.18 bits per heavy atom. The fourth-order valence-electron chi connectivity index (χ4n) is 5.87. The van der Waals surface area contributed by atoms with Crippen LogP contribution < -0.4 is 14.8 Å². The number of hydrogen-bond acceptors (Lipinski definition) is 6. The number of rotatable bonds is 7. The normalized spacial score (nSPS) is 24.2. The van der Waals surface area contributed by atoms with E-state index >= 15 is 0 Å². The molecular weight excluding hydrogens is 428 g/mol. The van der Waals surface area contributed by atoms with Gasteiger partial charge in [-0.2, -0.15) is 0 Å². The molecule has 1 aromatic heterocycles. The lowest BCUT2D eigenvalue weighted by molar-refractivity contribution is 0.0948. The summed E-state index contributed by atoms with van der Waals surface area (Å²) in [6.07, 6.45) is 7.32. The van der Waals surface area contributed by atoms with Gasteiger partial charge >= 0.3 is 0 Å². The van der Waals surface area contributed by atoms with Crippen LogP contribution in [0.2, 0.25) is 0 Å². The number of nitrogens with one attached hydrogen (secondary N) is 1. The molecule has 2 atom stereocenters. The minimum Gasteiger partial charge on any atom is -0.454 e. The van der Waals surface area contributed by atoms with Gasteiger partial charge in [0.2, 0.25) is 6.79 Å². The molecule has 176 valence electrons. The molecule has 2 saturated carbocycles. The van der Waals surface area contributed by atoms with Crippen LogP contribution in [0.1, 0.15) is 53.0 Å². The van der Waals surface area contributed by atoms with Crippen LogP contribution >= 0.6 is 0 Å². The number of fused-ring (bicyclic) bond motifs is 3. The van der Waals surface area contributed by atoms with Crippen molar-refractivity contribution in [2.45, 2.75) is 45.2 Å². The predicted molar refractivity (Wildman–Crippen MR) is 126 cm³/mol. The minimum atomic E-state index is -0.134. The van der Waals surface area contributed by atoms with E-state index in [-0.39, 0.29) is 12.7 Å². The van der Waals surface area contributed by atoms with Crippen LogP contribution in [0.3, 0.4) is 0 Å². The summed E-state index contributed by atoms with van der Waals surface area (Å²) in [7, 11) is 0. The van der Waals surface area contributed by atoms with E-state index in [9.17, 15) is 4.79 Å². The van der Waals surface area contributed by atoms with Crippen LogP contribution in [0.5, 0.6) is 11.5 Å². The van der Waals surface area contributed by atoms with Gasteiger partial charge in [-0.1, -0.05) is 12.6 Å². The van der Waals surface area contributed by atoms with Gasteiger partial charge in [0.05, 0.1) is 5.69 Å². The van der Waals surface area contributed by atoms with Gasteiger partial charge in [-0.25, -0.2) is 9.97 Å². The lowest BCUT2D eigenvalue weighted by Crippen LogP contribution is -2.34. The van der Waals surface area contributed by atoms with Gasteiger partial charge in [-0.15, -0.1) is 5.73 Å². The molecule has 4 aliphatic rings. The number of nitrogens with zero attached hydrogens (tertiary/aromatic N) is 3. The summed E-state index contributed by atoms with van der Waals surface area (Å²) in [6, 6.07) is 6.07. The molecule has 1 aromatic carbocycles. The molecule has 2 aliphatic heterocycles. The van der Waals surface area contributed by atoms with Crippen molar-refractivity contribution in [3.8, 4) is 11.5 Å². The number of aromatic nitrogens is 2. The first-order valence-corrected chi connectivity index (χ1v) is 12.3. The second kappa shape index (κ2) is 8.90. The van der Waals surface area contributed by atoms with E-state index in [4.69, 9.17) is 9.47 Å². The minimum absolute atomic E-state index is 0.134. The standard InChI is InChI=1S/C27H30N4O3/c1-2-17(7-19-8-20-11-21(20)9-19)12-28-27(32)26-22-5-6-31(14-23(22)29-15-30-26)13-18-3-4-24-25(10-18)34-16-33-24/h3-4,10,15,19-21H,1,5-9,11-14,16H2,(H,28,32). The van der Waals surface area contributed by atoms with Crippen molar-refractivity contribution in [3.63, 3.8) is 0 Å². The highest BCUT2D eigenvalue weighted by Crippen LogP contribution is 2.55. The van der Waals surface area contributed by atoms with Gasteiger partial charge in [0.15, 0.2) is 11.5 Å². The Bertz CT molecular complexity index is 1160. The fourth-order valence-corrected chi connectivity index (χ4v) is 5.87. The third-order valence-electron chi connectivity index (χ3n) is 7.73. The van der Waals surface area contributed by atoms with Crippen molar-refractivity contribution in [1.82, 2.24) is 20.2 Å². The largest absolute Gasteiger partial charge is 0.454 e. The SMILES string of the molecule is C=C=C(CNC(=O)c1ncnc2c1CCN(Cc1ccc3c(c1)OCO3)C2)CC1CC2CC2C1. The number of ether oxygens (including phenoxy) is 2. The van der Waals surface area contributed by atoms with Crippen LogP contribution in [0, 0.1) is 17.8 Å². The van der Waals surface area contributed by atoms with Crippen LogP contribution in [-0.2, 0) is 19.5 Å². The summed E-state index contributed by atoms with van der Waals surface area (Å²) in [5, 5.41) is 3.06. The topological polar surface area (TPSA) is 76.6 Å². The molecular formula is C27H30N4O3. The van der Waals surface area contributed by atoms with E-state index in [2.05, 4.69) is 38.6 Å². The molecule has 7 nitrogen and oxygen atoms in total. The number of carbonyl (C=O) groups is 1. The molecule has 0 radical (unpaired) electrons. The molecule has 2 aliphatic carbocycles. The summed E-state index contributed by atoms with van der Waals surface area (Å²) >= 11 is 0. The highest BCUT2D eigenvalue weighted by Gasteiger charge is 2.45. The summed E-state index contributed by atoms with van der Waals surface area (Å²) in [5.41, 5.74) is 7.72. The van der Waals surface area contributed by atoms with E-state index in [0.717, 1.165) is 72.0 Å². The molecule has 2 aromatic rings. The average Bonchev–Trinajstić information content (AvgIpc) is 3.23. The van der Waals surface area contributed by atoms with Crippen LogP contribution in [0.25, 0.3) is 0 Å². The molecule has 34 heavy (non-hydrogen) atoms. The maximum Gasteiger partial charge on any atom is 0.270 e. The third-order valence-corrected chi connectivity index (χ3v) is 7.73. The van der Waals surface area contributed by atoms with E-state index in [1.54, 1.807) is 0 Å². The molecule has 1 amide bonds. The zero-order chi connectivity index (χ0) is 23.1. The van der Waals surface area contributed by atoms with E-state index in [1.807, 2.05) is 12.1 Å². The number of hydrogen-bond donors (Lipinski definition) is 1. The van der Waals surface area contributed by atoms with E-state index in [1.165, 1.54) is 31.2 Å². The maximum atomic E-state index is 13.0. The van der Waals surface area contributed by atoms with Crippen molar-refractivity contribution in [3.05, 3.63) is 64.9 Å². The first kappa shape index (κ1) is 21.4. The summed E-state index contributed by atoms with van der Waals surface area (Å²) in [4.78, 5) is 24.2. The summed E-state index contributed by atoms with van der Waals surface area (Å²) < 4.78 is 10.9. The molecule has 0 spiro atoms. The lowest BCUT2D eigenvalue weighted by Gasteiger charge is -2.28. The Morgan fingerprint density at radius 2 is 2.03 bits per heavy atom. The average molecular weight is 459 g/mol. The zero-order valence-electron chi connectivity index (χ0n) is 19.4. The molecule has 0 saturated heterocycles. The van der Waals surface area contributed by atoms with Crippen molar-refractivity contribution in [1.29, 1.82) is 0 Å². The van der Waals surface area contributed by atoms with Gasteiger partial charge in [0.25, 0.3) is 5.91 Å². The predicted octanol–water partition coefficient (Wildman–Crippen LogP) is 3.64. The summed E-state index contributed by atoms with van der Waals surface area (Å²) in [5.74, 6) is 4.11. The van der Waals surface area contributed by atoms with E-state index in [0.29, 0.717) is 18.8 Å². The van der Waals surface area contributed by atoms with Gasteiger partial charge < -0.3 is 14.8 Å². The highest BCUT2D eigenvalue weighted by atomic mass is 16.7. The van der Waals surface area contributed by atoms with Gasteiger partial charge in [0, 0.05) is 31.7 Å². The molecule has 0 bridgehead atoms. The van der Waals surface area contributed by atoms with Gasteiger partial charge in [-0.05, 0) is 73.1 Å². The van der Waals surface area contributed by atoms with Crippen LogP contribution in [-0.4, -0.2) is 40.7 Å². The number of carbonyl (C=O) groups excluding carboxylic acids is 1. The Morgan fingerprint density at radius 3 is 2.88 bits per heavy atom. The smallest absolute Gasteiger partial charge is 0.270 e. The molecule has 1 N–H and O–H groups in total. The Balaban J connectivity index is 1.07. The summed E-state index contributed by atoms with van der Waals surface area (Å²) in [6.45, 7) is 6.95. The van der Waals surface area contributed by atoms with Crippen molar-refractivity contribution in [2.24, 2.45) is 17.8 Å². The third kappa shape index (κ3) is 4.33. The fraction of sp³-hybridized carbons (Fsp3) is 0.481. The Labute approximate surface area is 199 Å². The number of benzene rings is 1. The monoisotopic (exact) mass is 458 g/mol. The molecule has 2 fully saturated rings. The highest BCUT2D eigenvalue weighted by molar-refractivity contribution is 5.94. The maximum absolute atomic E-state index is 13.0. The van der Waals surface area contributed by atoms with Crippen LogP contribution in [0.15, 0.2) is 42.4 Å². The first-order valence-electron chi connectivity index (χ1n) is 12.3. The Kier molecular flexibility index (Phi) is 5.60. The quantitative estimate of drug-likeness (QED) is 0.639. The molecule has 2 unspecified atom stereocenters. The Hall–Kier alpha value is -3.15. The first-order chi connectivity index (χ1) is 16.7. The number of amides is 1. The second-order valence-corrected chi connectivity index (χ2v) is 10.1. The van der Waals surface area contributed by atoms with Gasteiger partial charge in [-0.3, -0.25) is 9.69 Å². The zero-order valence-corrected chi connectivity index (χ0v) is 19.4. The molecule has 6 rings (SSSR count). The van der Waals surface area contributed by atoms with Crippen LogP contribution in [0.4, 0.5) is 0 Å². The molecule has 3 heterocycles. The van der Waals surface area contributed by atoms with Gasteiger partial charge in [0.1, 0.15) is 12.0 Å². The van der Waals surface area contributed by atoms with E-state index < -0.39 is 0 Å². The second-order valence-electron chi connectivity index (χ2n) is 10.1. The lowest BCUT2D eigenvalue weighted by atomic mass is 9.95. The van der Waals surface area contributed by atoms with Crippen molar-refractivity contribution in [2.75, 3.05) is 19.9 Å².